The molecule has 0 fully saturated rings. The number of rotatable bonds is 5. The Morgan fingerprint density at radius 2 is 2.14 bits per heavy atom. The highest BCUT2D eigenvalue weighted by Gasteiger charge is 2.14. The molecule has 0 unspecified atom stereocenters. The molecule has 0 atom stereocenters. The van der Waals surface area contributed by atoms with Crippen LogP contribution in [0.3, 0.4) is 0 Å². The molecule has 7 heteroatoms. The third-order valence-electron chi connectivity index (χ3n) is 2.85. The monoisotopic (exact) mass is 320 g/mol. The van der Waals surface area contributed by atoms with Crippen LogP contribution in [0.1, 0.15) is 5.76 Å². The zero-order valence-corrected chi connectivity index (χ0v) is 12.5. The SMILES string of the molecule is O=S(=O)(NCc1ccc(-c2ccsc2)o1)c1cccnc1. The largest absolute Gasteiger partial charge is 0.460 e. The molecule has 0 aliphatic heterocycles. The Morgan fingerprint density at radius 3 is 2.86 bits per heavy atom. The van der Waals surface area contributed by atoms with Crippen molar-refractivity contribution in [2.45, 2.75) is 11.4 Å². The molecule has 0 aliphatic carbocycles. The molecular formula is C14H12N2O3S2. The van der Waals surface area contributed by atoms with E-state index in [1.165, 1.54) is 18.5 Å². The highest BCUT2D eigenvalue weighted by atomic mass is 32.2. The molecule has 21 heavy (non-hydrogen) atoms. The van der Waals surface area contributed by atoms with Crippen LogP contribution in [0.5, 0.6) is 0 Å². The van der Waals surface area contributed by atoms with E-state index in [9.17, 15) is 8.42 Å². The molecule has 0 radical (unpaired) electrons. The predicted octanol–water partition coefficient (Wildman–Crippen LogP) is 2.88. The summed E-state index contributed by atoms with van der Waals surface area (Å²) in [6, 6.07) is 8.62. The second-order valence-corrected chi connectivity index (χ2v) is 6.84. The fourth-order valence-electron chi connectivity index (χ4n) is 1.79. The summed E-state index contributed by atoms with van der Waals surface area (Å²) < 4.78 is 32.2. The molecule has 108 valence electrons. The molecule has 3 aromatic rings. The van der Waals surface area contributed by atoms with Gasteiger partial charge in [0.05, 0.1) is 6.54 Å². The van der Waals surface area contributed by atoms with Gasteiger partial charge in [-0.1, -0.05) is 0 Å². The summed E-state index contributed by atoms with van der Waals surface area (Å²) in [4.78, 5) is 3.94. The lowest BCUT2D eigenvalue weighted by atomic mass is 10.3. The third kappa shape index (κ3) is 3.21. The Kier molecular flexibility index (Phi) is 3.87. The molecule has 0 saturated heterocycles. The molecule has 0 amide bonds. The molecule has 0 aromatic carbocycles. The van der Waals surface area contributed by atoms with Crippen LogP contribution in [0.4, 0.5) is 0 Å². The number of sulfonamides is 1. The second kappa shape index (κ2) is 5.80. The lowest BCUT2D eigenvalue weighted by molar-refractivity contribution is 0.509. The quantitative estimate of drug-likeness (QED) is 0.784. The van der Waals surface area contributed by atoms with Crippen LogP contribution in [0.2, 0.25) is 0 Å². The van der Waals surface area contributed by atoms with E-state index in [2.05, 4.69) is 9.71 Å². The summed E-state index contributed by atoms with van der Waals surface area (Å²) >= 11 is 1.58. The topological polar surface area (TPSA) is 72.2 Å². The number of nitrogens with one attached hydrogen (secondary N) is 1. The highest BCUT2D eigenvalue weighted by molar-refractivity contribution is 7.89. The fraction of sp³-hybridized carbons (Fsp3) is 0.0714. The molecule has 3 heterocycles. The van der Waals surface area contributed by atoms with Gasteiger partial charge in [-0.2, -0.15) is 11.3 Å². The summed E-state index contributed by atoms with van der Waals surface area (Å²) in [5.74, 6) is 1.29. The lowest BCUT2D eigenvalue weighted by Crippen LogP contribution is -2.23. The molecule has 1 N–H and O–H groups in total. The second-order valence-electron chi connectivity index (χ2n) is 4.29. The Bertz CT molecular complexity index is 809. The van der Waals surface area contributed by atoms with Crippen LogP contribution in [0.15, 0.2) is 62.8 Å². The van der Waals surface area contributed by atoms with Crippen molar-refractivity contribution >= 4 is 21.4 Å². The van der Waals surface area contributed by atoms with Crippen molar-refractivity contribution in [2.24, 2.45) is 0 Å². The standard InChI is InChI=1S/C14H12N2O3S2/c17-21(18,13-2-1-6-15-9-13)16-8-12-3-4-14(19-12)11-5-7-20-10-11/h1-7,9-10,16H,8H2. The first-order valence-electron chi connectivity index (χ1n) is 6.16. The molecule has 3 aromatic heterocycles. The van der Waals surface area contributed by atoms with Crippen molar-refractivity contribution in [3.63, 3.8) is 0 Å². The minimum atomic E-state index is -3.57. The van der Waals surface area contributed by atoms with Crippen molar-refractivity contribution in [3.05, 3.63) is 59.2 Å². The zero-order chi connectivity index (χ0) is 14.7. The predicted molar refractivity (Wildman–Crippen MR) is 80.3 cm³/mol. The number of hydrogen-bond donors (Lipinski definition) is 1. The van der Waals surface area contributed by atoms with Crippen molar-refractivity contribution in [1.29, 1.82) is 0 Å². The van der Waals surface area contributed by atoms with Gasteiger partial charge in [-0.3, -0.25) is 4.98 Å². The molecule has 0 aliphatic rings. The van der Waals surface area contributed by atoms with E-state index in [0.717, 1.165) is 11.3 Å². The maximum absolute atomic E-state index is 12.0. The van der Waals surface area contributed by atoms with Gasteiger partial charge in [-0.25, -0.2) is 13.1 Å². The maximum atomic E-state index is 12.0. The number of furan rings is 1. The normalized spacial score (nSPS) is 11.6. The minimum absolute atomic E-state index is 0.0986. The Labute approximate surface area is 126 Å². The van der Waals surface area contributed by atoms with Crippen molar-refractivity contribution in [1.82, 2.24) is 9.71 Å². The van der Waals surface area contributed by atoms with Crippen LogP contribution < -0.4 is 4.72 Å². The molecule has 3 rings (SSSR count). The van der Waals surface area contributed by atoms with E-state index in [1.54, 1.807) is 23.5 Å². The number of nitrogens with zero attached hydrogens (tertiary/aromatic N) is 1. The zero-order valence-electron chi connectivity index (χ0n) is 10.9. The van der Waals surface area contributed by atoms with E-state index < -0.39 is 10.0 Å². The van der Waals surface area contributed by atoms with Crippen molar-refractivity contribution in [3.8, 4) is 11.3 Å². The van der Waals surface area contributed by atoms with Gasteiger partial charge < -0.3 is 4.42 Å². The van der Waals surface area contributed by atoms with E-state index in [0.29, 0.717) is 5.76 Å². The van der Waals surface area contributed by atoms with E-state index in [4.69, 9.17) is 4.42 Å². The van der Waals surface area contributed by atoms with Gasteiger partial charge in [0.15, 0.2) is 0 Å². The highest BCUT2D eigenvalue weighted by Crippen LogP contribution is 2.24. The van der Waals surface area contributed by atoms with Gasteiger partial charge in [0, 0.05) is 23.3 Å². The molecular weight excluding hydrogens is 308 g/mol. The summed E-state index contributed by atoms with van der Waals surface area (Å²) in [7, 11) is -3.57. The fourth-order valence-corrected chi connectivity index (χ4v) is 3.39. The van der Waals surface area contributed by atoms with E-state index in [-0.39, 0.29) is 11.4 Å². The molecule has 0 spiro atoms. The number of aromatic nitrogens is 1. The van der Waals surface area contributed by atoms with E-state index in [1.807, 2.05) is 22.9 Å². The third-order valence-corrected chi connectivity index (χ3v) is 4.92. The van der Waals surface area contributed by atoms with Crippen LogP contribution in [0, 0.1) is 0 Å². The number of thiophene rings is 1. The average Bonchev–Trinajstić information content (AvgIpc) is 3.17. The first kappa shape index (κ1) is 14.0. The molecule has 0 bridgehead atoms. The average molecular weight is 320 g/mol. The van der Waals surface area contributed by atoms with Crippen molar-refractivity contribution < 1.29 is 12.8 Å². The smallest absolute Gasteiger partial charge is 0.242 e. The summed E-state index contributed by atoms with van der Waals surface area (Å²) in [6.45, 7) is 0.0986. The Balaban J connectivity index is 1.71. The van der Waals surface area contributed by atoms with Crippen LogP contribution >= 0.6 is 11.3 Å². The van der Waals surface area contributed by atoms with Crippen LogP contribution in [0.25, 0.3) is 11.3 Å². The summed E-state index contributed by atoms with van der Waals surface area (Å²) in [5, 5.41) is 3.94. The Morgan fingerprint density at radius 1 is 1.24 bits per heavy atom. The first-order chi connectivity index (χ1) is 10.1. The maximum Gasteiger partial charge on any atom is 0.242 e. The van der Waals surface area contributed by atoms with Gasteiger partial charge in [-0.15, -0.1) is 0 Å². The van der Waals surface area contributed by atoms with E-state index >= 15 is 0 Å². The number of hydrogen-bond acceptors (Lipinski definition) is 5. The van der Waals surface area contributed by atoms with Crippen LogP contribution in [-0.2, 0) is 16.6 Å². The summed E-state index contributed by atoms with van der Waals surface area (Å²) in [6.07, 6.45) is 2.83. The van der Waals surface area contributed by atoms with Gasteiger partial charge in [-0.05, 0) is 35.7 Å². The summed E-state index contributed by atoms with van der Waals surface area (Å²) in [5.41, 5.74) is 0.987. The van der Waals surface area contributed by atoms with Gasteiger partial charge in [0.2, 0.25) is 10.0 Å². The van der Waals surface area contributed by atoms with Crippen LogP contribution in [-0.4, -0.2) is 13.4 Å². The van der Waals surface area contributed by atoms with Gasteiger partial charge >= 0.3 is 0 Å². The first-order valence-corrected chi connectivity index (χ1v) is 8.59. The minimum Gasteiger partial charge on any atom is -0.460 e. The van der Waals surface area contributed by atoms with Gasteiger partial charge in [0.25, 0.3) is 0 Å². The Hall–Kier alpha value is -1.96. The molecule has 0 saturated carbocycles. The molecule has 5 nitrogen and oxygen atoms in total. The number of pyridine rings is 1. The van der Waals surface area contributed by atoms with Crippen molar-refractivity contribution in [2.75, 3.05) is 0 Å². The lowest BCUT2D eigenvalue weighted by Gasteiger charge is -2.04. The van der Waals surface area contributed by atoms with Gasteiger partial charge in [0.1, 0.15) is 16.4 Å².